The summed E-state index contributed by atoms with van der Waals surface area (Å²) in [5, 5.41) is 0. The van der Waals surface area contributed by atoms with E-state index in [2.05, 4.69) is 42.8 Å². The molecule has 1 aliphatic rings. The zero-order chi connectivity index (χ0) is 13.6. The van der Waals surface area contributed by atoms with Crippen LogP contribution in [-0.2, 0) is 0 Å². The molecule has 1 atom stereocenters. The van der Waals surface area contributed by atoms with Gasteiger partial charge in [-0.15, -0.1) is 0 Å². The highest BCUT2D eigenvalue weighted by molar-refractivity contribution is 4.91. The van der Waals surface area contributed by atoms with E-state index < -0.39 is 0 Å². The van der Waals surface area contributed by atoms with Crippen LogP contribution < -0.4 is 5.73 Å². The minimum absolute atomic E-state index is 0.263. The third-order valence-electron chi connectivity index (χ3n) is 4.23. The van der Waals surface area contributed by atoms with Crippen LogP contribution in [0, 0.1) is 0 Å². The van der Waals surface area contributed by atoms with Crippen molar-refractivity contribution in [1.29, 1.82) is 0 Å². The second kappa shape index (κ2) is 7.43. The Kier molecular flexibility index (Phi) is 6.57. The van der Waals surface area contributed by atoms with Crippen molar-refractivity contribution in [3.63, 3.8) is 0 Å². The van der Waals surface area contributed by atoms with Crippen molar-refractivity contribution in [3.8, 4) is 0 Å². The first-order chi connectivity index (χ1) is 8.48. The summed E-state index contributed by atoms with van der Waals surface area (Å²) in [5.41, 5.74) is 5.81. The molecule has 4 heteroatoms. The smallest absolute Gasteiger partial charge is 0.0428 e. The Balaban J connectivity index is 2.48. The molecule has 0 aliphatic carbocycles. The molecule has 0 spiro atoms. The van der Waals surface area contributed by atoms with E-state index in [1.165, 1.54) is 45.4 Å². The first-order valence-electron chi connectivity index (χ1n) is 7.26. The highest BCUT2D eigenvalue weighted by Crippen LogP contribution is 2.18. The largest absolute Gasteiger partial charge is 0.330 e. The molecule has 0 aromatic rings. The summed E-state index contributed by atoms with van der Waals surface area (Å²) in [5.74, 6) is 0. The maximum Gasteiger partial charge on any atom is 0.0428 e. The first kappa shape index (κ1) is 15.9. The zero-order valence-corrected chi connectivity index (χ0v) is 12.8. The van der Waals surface area contributed by atoms with Gasteiger partial charge in [0.15, 0.2) is 0 Å². The summed E-state index contributed by atoms with van der Waals surface area (Å²) in [6.45, 7) is 9.13. The van der Waals surface area contributed by atoms with Gasteiger partial charge in [0.2, 0.25) is 0 Å². The summed E-state index contributed by atoms with van der Waals surface area (Å²) < 4.78 is 0. The van der Waals surface area contributed by atoms with E-state index in [4.69, 9.17) is 5.73 Å². The fraction of sp³-hybridized carbons (Fsp3) is 1.00. The van der Waals surface area contributed by atoms with Gasteiger partial charge in [-0.05, 0) is 54.0 Å². The lowest BCUT2D eigenvalue weighted by atomic mass is 10.00. The van der Waals surface area contributed by atoms with Gasteiger partial charge in [0.05, 0.1) is 0 Å². The minimum Gasteiger partial charge on any atom is -0.330 e. The van der Waals surface area contributed by atoms with Crippen LogP contribution in [0.15, 0.2) is 0 Å². The highest BCUT2D eigenvalue weighted by atomic mass is 15.3. The Morgan fingerprint density at radius 2 is 1.83 bits per heavy atom. The van der Waals surface area contributed by atoms with E-state index in [9.17, 15) is 0 Å². The molecule has 4 nitrogen and oxygen atoms in total. The number of likely N-dealkylation sites (N-methyl/N-ethyl adjacent to an activating group) is 2. The Hall–Kier alpha value is -0.160. The van der Waals surface area contributed by atoms with Crippen molar-refractivity contribution in [2.24, 2.45) is 5.73 Å². The quantitative estimate of drug-likeness (QED) is 0.709. The zero-order valence-electron chi connectivity index (χ0n) is 12.8. The maximum absolute atomic E-state index is 5.55. The van der Waals surface area contributed by atoms with Crippen LogP contribution >= 0.6 is 0 Å². The van der Waals surface area contributed by atoms with Crippen molar-refractivity contribution in [3.05, 3.63) is 0 Å². The number of nitrogens with two attached hydrogens (primary N) is 1. The van der Waals surface area contributed by atoms with Crippen molar-refractivity contribution in [2.75, 3.05) is 60.4 Å². The Morgan fingerprint density at radius 3 is 2.44 bits per heavy atom. The third-order valence-corrected chi connectivity index (χ3v) is 4.23. The molecule has 1 rings (SSSR count). The number of unbranched alkanes of at least 4 members (excludes halogenated alkanes) is 2. The topological polar surface area (TPSA) is 35.7 Å². The lowest BCUT2D eigenvalue weighted by molar-refractivity contribution is 0.105. The second-order valence-electron chi connectivity index (χ2n) is 6.25. The van der Waals surface area contributed by atoms with Crippen LogP contribution in [-0.4, -0.2) is 80.7 Å². The molecule has 0 aromatic heterocycles. The van der Waals surface area contributed by atoms with Crippen LogP contribution in [0.4, 0.5) is 0 Å². The lowest BCUT2D eigenvalue weighted by Crippen LogP contribution is -2.54. The molecule has 1 unspecified atom stereocenters. The second-order valence-corrected chi connectivity index (χ2v) is 6.25. The summed E-state index contributed by atoms with van der Waals surface area (Å²) in [7, 11) is 6.64. The average molecular weight is 256 g/mol. The van der Waals surface area contributed by atoms with Gasteiger partial charge in [-0.25, -0.2) is 0 Å². The van der Waals surface area contributed by atoms with Crippen LogP contribution in [0.5, 0.6) is 0 Å². The van der Waals surface area contributed by atoms with Crippen molar-refractivity contribution < 1.29 is 0 Å². The van der Waals surface area contributed by atoms with E-state index in [-0.39, 0.29) is 5.54 Å². The maximum atomic E-state index is 5.55. The first-order valence-corrected chi connectivity index (χ1v) is 7.26. The van der Waals surface area contributed by atoms with Gasteiger partial charge in [-0.3, -0.25) is 0 Å². The van der Waals surface area contributed by atoms with Crippen LogP contribution in [0.1, 0.15) is 26.2 Å². The van der Waals surface area contributed by atoms with Crippen LogP contribution in [0.2, 0.25) is 0 Å². The molecular weight excluding hydrogens is 224 g/mol. The van der Waals surface area contributed by atoms with Crippen molar-refractivity contribution in [1.82, 2.24) is 14.7 Å². The predicted octanol–water partition coefficient (Wildman–Crippen LogP) is 0.683. The molecule has 0 aromatic carbocycles. The van der Waals surface area contributed by atoms with Gasteiger partial charge in [0.1, 0.15) is 0 Å². The fourth-order valence-corrected chi connectivity index (χ4v) is 2.71. The molecule has 1 heterocycles. The summed E-state index contributed by atoms with van der Waals surface area (Å²) in [6, 6.07) is 0. The molecule has 108 valence electrons. The SMILES string of the molecule is CN1CCN(CCCCCN)CC(C)(N(C)C)C1. The van der Waals surface area contributed by atoms with Gasteiger partial charge in [-0.1, -0.05) is 6.42 Å². The van der Waals surface area contributed by atoms with Gasteiger partial charge in [0, 0.05) is 31.7 Å². The molecule has 0 radical (unpaired) electrons. The Morgan fingerprint density at radius 1 is 1.11 bits per heavy atom. The monoisotopic (exact) mass is 256 g/mol. The fourth-order valence-electron chi connectivity index (χ4n) is 2.71. The van der Waals surface area contributed by atoms with E-state index in [0.717, 1.165) is 13.1 Å². The molecule has 0 amide bonds. The number of rotatable bonds is 6. The van der Waals surface area contributed by atoms with Gasteiger partial charge >= 0.3 is 0 Å². The molecular formula is C14H32N4. The average Bonchev–Trinajstić information content (AvgIpc) is 2.45. The normalized spacial score (nSPS) is 27.7. The lowest BCUT2D eigenvalue weighted by Gasteiger charge is -2.39. The number of nitrogens with zero attached hydrogens (tertiary/aromatic N) is 3. The predicted molar refractivity (Wildman–Crippen MR) is 78.9 cm³/mol. The molecule has 1 fully saturated rings. The molecule has 18 heavy (non-hydrogen) atoms. The van der Waals surface area contributed by atoms with Crippen LogP contribution in [0.3, 0.4) is 0 Å². The van der Waals surface area contributed by atoms with Gasteiger partial charge in [-0.2, -0.15) is 0 Å². The highest BCUT2D eigenvalue weighted by Gasteiger charge is 2.33. The molecule has 0 saturated carbocycles. The summed E-state index contributed by atoms with van der Waals surface area (Å²) in [4.78, 5) is 7.46. The molecule has 0 bridgehead atoms. The van der Waals surface area contributed by atoms with Gasteiger partial charge in [0.25, 0.3) is 0 Å². The third kappa shape index (κ3) is 4.84. The molecule has 1 saturated heterocycles. The van der Waals surface area contributed by atoms with Gasteiger partial charge < -0.3 is 20.4 Å². The molecule has 1 aliphatic heterocycles. The summed E-state index contributed by atoms with van der Waals surface area (Å²) in [6.07, 6.45) is 3.71. The Labute approximate surface area is 113 Å². The Bertz CT molecular complexity index is 232. The van der Waals surface area contributed by atoms with E-state index >= 15 is 0 Å². The van der Waals surface area contributed by atoms with Crippen molar-refractivity contribution in [2.45, 2.75) is 31.7 Å². The van der Waals surface area contributed by atoms with Crippen LogP contribution in [0.25, 0.3) is 0 Å². The van der Waals surface area contributed by atoms with E-state index in [1.807, 2.05) is 0 Å². The number of hydrogen-bond acceptors (Lipinski definition) is 4. The number of hydrogen-bond donors (Lipinski definition) is 1. The molecule has 2 N–H and O–H groups in total. The standard InChI is InChI=1S/C14H32N4/c1-14(16(2)3)12-17(4)10-11-18(13-14)9-7-5-6-8-15/h5-13,15H2,1-4H3. The minimum atomic E-state index is 0.263. The van der Waals surface area contributed by atoms with E-state index in [1.54, 1.807) is 0 Å². The van der Waals surface area contributed by atoms with E-state index in [0.29, 0.717) is 0 Å². The van der Waals surface area contributed by atoms with Crippen molar-refractivity contribution >= 4 is 0 Å². The summed E-state index contributed by atoms with van der Waals surface area (Å²) >= 11 is 0.